The Balaban J connectivity index is 1.47. The number of nitrogens with one attached hydrogen (secondary N) is 2. The van der Waals surface area contributed by atoms with Crippen LogP contribution >= 0.6 is 11.3 Å². The van der Waals surface area contributed by atoms with E-state index >= 15 is 0 Å². The first-order valence-electron chi connectivity index (χ1n) is 10.5. The standard InChI is InChI=1S/C23H26N4O3S/c1-3-15(4-2)24-22(29)19-13-27(17-10-6-7-11-18(17)30-19)14-21(28)26-23-25-16-9-5-8-12-20(16)31-23/h5-12,15,19H,3-4,13-14H2,1-2H3,(H,24,29)(H,25,26,28). The molecule has 0 saturated carbocycles. The molecule has 2 heterocycles. The third-order valence-corrected chi connectivity index (χ3v) is 6.31. The number of benzene rings is 2. The van der Waals surface area contributed by atoms with Gasteiger partial charge >= 0.3 is 0 Å². The normalized spacial score (nSPS) is 15.5. The maximum absolute atomic E-state index is 12.8. The summed E-state index contributed by atoms with van der Waals surface area (Å²) in [7, 11) is 0. The number of anilines is 2. The van der Waals surface area contributed by atoms with Crippen LogP contribution in [-0.2, 0) is 9.59 Å². The molecule has 2 N–H and O–H groups in total. The molecule has 0 saturated heterocycles. The Labute approximate surface area is 185 Å². The number of thiazole rings is 1. The van der Waals surface area contributed by atoms with E-state index in [0.717, 1.165) is 28.7 Å². The van der Waals surface area contributed by atoms with Gasteiger partial charge in [-0.25, -0.2) is 4.98 Å². The van der Waals surface area contributed by atoms with Crippen LogP contribution in [0, 0.1) is 0 Å². The summed E-state index contributed by atoms with van der Waals surface area (Å²) in [5.41, 5.74) is 1.66. The highest BCUT2D eigenvalue weighted by molar-refractivity contribution is 7.22. The summed E-state index contributed by atoms with van der Waals surface area (Å²) < 4.78 is 6.98. The van der Waals surface area contributed by atoms with E-state index in [1.54, 1.807) is 0 Å². The highest BCUT2D eigenvalue weighted by atomic mass is 32.1. The van der Waals surface area contributed by atoms with Gasteiger partial charge in [-0.2, -0.15) is 0 Å². The fourth-order valence-electron chi connectivity index (χ4n) is 3.64. The van der Waals surface area contributed by atoms with E-state index in [2.05, 4.69) is 15.6 Å². The van der Waals surface area contributed by atoms with Gasteiger partial charge in [0.15, 0.2) is 11.2 Å². The third-order valence-electron chi connectivity index (χ3n) is 5.36. The summed E-state index contributed by atoms with van der Waals surface area (Å²) in [6, 6.07) is 15.4. The largest absolute Gasteiger partial charge is 0.477 e. The molecule has 1 aromatic heterocycles. The highest BCUT2D eigenvalue weighted by Gasteiger charge is 2.32. The van der Waals surface area contributed by atoms with Crippen LogP contribution in [0.3, 0.4) is 0 Å². The monoisotopic (exact) mass is 438 g/mol. The molecule has 0 radical (unpaired) electrons. The number of aromatic nitrogens is 1. The van der Waals surface area contributed by atoms with Crippen molar-refractivity contribution < 1.29 is 14.3 Å². The first-order chi connectivity index (χ1) is 15.1. The van der Waals surface area contributed by atoms with Crippen LogP contribution in [0.4, 0.5) is 10.8 Å². The minimum absolute atomic E-state index is 0.102. The molecule has 8 heteroatoms. The fraction of sp³-hybridized carbons (Fsp3) is 0.348. The van der Waals surface area contributed by atoms with E-state index < -0.39 is 6.10 Å². The molecule has 1 aliphatic rings. The van der Waals surface area contributed by atoms with Gasteiger partial charge in [0.05, 0.1) is 29.0 Å². The summed E-state index contributed by atoms with van der Waals surface area (Å²) in [6.07, 6.45) is 1.05. The van der Waals surface area contributed by atoms with Gasteiger partial charge < -0.3 is 20.3 Å². The summed E-state index contributed by atoms with van der Waals surface area (Å²) in [5, 5.41) is 6.50. The van der Waals surface area contributed by atoms with E-state index in [1.807, 2.05) is 67.3 Å². The van der Waals surface area contributed by atoms with Crippen molar-refractivity contribution in [1.29, 1.82) is 0 Å². The minimum atomic E-state index is -0.675. The molecule has 0 bridgehead atoms. The smallest absolute Gasteiger partial charge is 0.263 e. The lowest BCUT2D eigenvalue weighted by molar-refractivity contribution is -0.129. The van der Waals surface area contributed by atoms with Crippen molar-refractivity contribution >= 4 is 44.2 Å². The first-order valence-corrected chi connectivity index (χ1v) is 11.4. The predicted molar refractivity (Wildman–Crippen MR) is 124 cm³/mol. The highest BCUT2D eigenvalue weighted by Crippen LogP contribution is 2.33. The first kappa shape index (κ1) is 21.1. The average molecular weight is 439 g/mol. The molecule has 0 aliphatic carbocycles. The second-order valence-corrected chi connectivity index (χ2v) is 8.54. The van der Waals surface area contributed by atoms with Crippen LogP contribution < -0.4 is 20.3 Å². The fourth-order valence-corrected chi connectivity index (χ4v) is 4.52. The van der Waals surface area contributed by atoms with Gasteiger partial charge in [0.2, 0.25) is 5.91 Å². The molecule has 7 nitrogen and oxygen atoms in total. The number of fused-ring (bicyclic) bond motifs is 2. The summed E-state index contributed by atoms with van der Waals surface area (Å²) >= 11 is 1.44. The lowest BCUT2D eigenvalue weighted by Crippen LogP contribution is -2.52. The Morgan fingerprint density at radius 2 is 1.90 bits per heavy atom. The van der Waals surface area contributed by atoms with E-state index in [0.29, 0.717) is 17.4 Å². The molecule has 2 aromatic carbocycles. The molecule has 1 aliphatic heterocycles. The van der Waals surface area contributed by atoms with Gasteiger partial charge in [0, 0.05) is 6.04 Å². The third kappa shape index (κ3) is 4.80. The second-order valence-electron chi connectivity index (χ2n) is 7.51. The molecule has 3 aromatic rings. The summed E-state index contributed by atoms with van der Waals surface area (Å²) in [6.45, 7) is 4.50. The van der Waals surface area contributed by atoms with Gasteiger partial charge in [0.25, 0.3) is 5.91 Å². The molecule has 0 fully saturated rings. The second kappa shape index (κ2) is 9.34. The van der Waals surface area contributed by atoms with Crippen molar-refractivity contribution in [2.75, 3.05) is 23.3 Å². The van der Waals surface area contributed by atoms with Crippen molar-refractivity contribution in [3.8, 4) is 5.75 Å². The van der Waals surface area contributed by atoms with Crippen molar-refractivity contribution in [2.24, 2.45) is 0 Å². The number of hydrogen-bond acceptors (Lipinski definition) is 6. The quantitative estimate of drug-likeness (QED) is 0.586. The zero-order valence-electron chi connectivity index (χ0n) is 17.6. The van der Waals surface area contributed by atoms with Crippen LogP contribution in [-0.4, -0.2) is 42.0 Å². The summed E-state index contributed by atoms with van der Waals surface area (Å²) in [5.74, 6) is 0.265. The zero-order chi connectivity index (χ0) is 21.8. The number of ether oxygens (including phenoxy) is 1. The number of hydrogen-bond donors (Lipinski definition) is 2. The topological polar surface area (TPSA) is 83.6 Å². The lowest BCUT2D eigenvalue weighted by atomic mass is 10.1. The summed E-state index contributed by atoms with van der Waals surface area (Å²) in [4.78, 5) is 31.9. The molecule has 4 rings (SSSR count). The number of nitrogens with zero attached hydrogens (tertiary/aromatic N) is 2. The zero-order valence-corrected chi connectivity index (χ0v) is 18.4. The average Bonchev–Trinajstić information content (AvgIpc) is 3.19. The molecule has 1 unspecified atom stereocenters. The van der Waals surface area contributed by atoms with E-state index in [-0.39, 0.29) is 24.4 Å². The van der Waals surface area contributed by atoms with Crippen LogP contribution in [0.2, 0.25) is 0 Å². The molecular formula is C23H26N4O3S. The Bertz CT molecular complexity index is 1050. The van der Waals surface area contributed by atoms with Crippen molar-refractivity contribution in [2.45, 2.75) is 38.8 Å². The molecule has 2 amide bonds. The number of carbonyl (C=O) groups excluding carboxylic acids is 2. The van der Waals surface area contributed by atoms with E-state index in [9.17, 15) is 9.59 Å². The maximum atomic E-state index is 12.8. The SMILES string of the molecule is CCC(CC)NC(=O)C1CN(CC(=O)Nc2nc3ccccc3s2)c2ccccc2O1. The number of carbonyl (C=O) groups is 2. The van der Waals surface area contributed by atoms with Gasteiger partial charge in [-0.1, -0.05) is 49.4 Å². The molecule has 162 valence electrons. The lowest BCUT2D eigenvalue weighted by Gasteiger charge is -2.35. The molecule has 0 spiro atoms. The van der Waals surface area contributed by atoms with Crippen LogP contribution in [0.1, 0.15) is 26.7 Å². The van der Waals surface area contributed by atoms with Crippen LogP contribution in [0.5, 0.6) is 5.75 Å². The molecule has 31 heavy (non-hydrogen) atoms. The number of para-hydroxylation sites is 3. The van der Waals surface area contributed by atoms with Gasteiger partial charge in [-0.15, -0.1) is 0 Å². The maximum Gasteiger partial charge on any atom is 0.263 e. The molecular weight excluding hydrogens is 412 g/mol. The Morgan fingerprint density at radius 1 is 1.16 bits per heavy atom. The van der Waals surface area contributed by atoms with Crippen LogP contribution in [0.15, 0.2) is 48.5 Å². The van der Waals surface area contributed by atoms with E-state index in [4.69, 9.17) is 4.74 Å². The molecule has 1 atom stereocenters. The Kier molecular flexibility index (Phi) is 6.36. The van der Waals surface area contributed by atoms with Gasteiger partial charge in [-0.05, 0) is 37.1 Å². The number of amides is 2. The van der Waals surface area contributed by atoms with Crippen molar-refractivity contribution in [3.63, 3.8) is 0 Å². The van der Waals surface area contributed by atoms with Gasteiger partial charge in [-0.3, -0.25) is 9.59 Å². The Morgan fingerprint density at radius 3 is 2.68 bits per heavy atom. The van der Waals surface area contributed by atoms with Crippen molar-refractivity contribution in [3.05, 3.63) is 48.5 Å². The van der Waals surface area contributed by atoms with Crippen LogP contribution in [0.25, 0.3) is 10.2 Å². The predicted octanol–water partition coefficient (Wildman–Crippen LogP) is 3.81. The minimum Gasteiger partial charge on any atom is -0.477 e. The van der Waals surface area contributed by atoms with Gasteiger partial charge in [0.1, 0.15) is 5.75 Å². The Hall–Kier alpha value is -3.13. The van der Waals surface area contributed by atoms with Crippen molar-refractivity contribution in [1.82, 2.24) is 10.3 Å². The van der Waals surface area contributed by atoms with E-state index in [1.165, 1.54) is 11.3 Å². The number of rotatable bonds is 7.